The van der Waals surface area contributed by atoms with Crippen LogP contribution in [0.1, 0.15) is 30.0 Å². The lowest BCUT2D eigenvalue weighted by Gasteiger charge is -2.11. The van der Waals surface area contributed by atoms with Gasteiger partial charge in [-0.15, -0.1) is 0 Å². The second-order valence-corrected chi connectivity index (χ2v) is 4.18. The molecule has 0 amide bonds. The van der Waals surface area contributed by atoms with Crippen molar-refractivity contribution in [3.05, 3.63) is 34.3 Å². The predicted molar refractivity (Wildman–Crippen MR) is 55.8 cm³/mol. The van der Waals surface area contributed by atoms with E-state index in [1.807, 2.05) is 12.1 Å². The molecule has 3 heteroatoms. The van der Waals surface area contributed by atoms with Crippen LogP contribution in [0.4, 0.5) is 0 Å². The van der Waals surface area contributed by atoms with Crippen LogP contribution in [-0.4, -0.2) is 0 Å². The second-order valence-electron chi connectivity index (χ2n) is 3.75. The van der Waals surface area contributed by atoms with E-state index in [0.717, 1.165) is 5.56 Å². The number of rotatable bonds is 2. The Morgan fingerprint density at radius 3 is 2.71 bits per heavy atom. The summed E-state index contributed by atoms with van der Waals surface area (Å²) in [6, 6.07) is 7.46. The summed E-state index contributed by atoms with van der Waals surface area (Å²) >= 11 is 5.89. The van der Waals surface area contributed by atoms with E-state index in [0.29, 0.717) is 16.5 Å². The smallest absolute Gasteiger partial charge is 0.0992 e. The van der Waals surface area contributed by atoms with E-state index < -0.39 is 0 Å². The third-order valence-corrected chi connectivity index (χ3v) is 2.78. The first-order chi connectivity index (χ1) is 6.70. The minimum atomic E-state index is 0.0424. The Bertz CT molecular complexity index is 391. The summed E-state index contributed by atoms with van der Waals surface area (Å²) < 4.78 is 0. The lowest BCUT2D eigenvalue weighted by Crippen LogP contribution is -2.12. The second kappa shape index (κ2) is 3.61. The van der Waals surface area contributed by atoms with Crippen molar-refractivity contribution in [1.29, 1.82) is 5.26 Å². The van der Waals surface area contributed by atoms with Crippen LogP contribution in [-0.2, 0) is 0 Å². The molecule has 2 rings (SSSR count). The number of hydrogen-bond acceptors (Lipinski definition) is 2. The first-order valence-electron chi connectivity index (χ1n) is 4.67. The first kappa shape index (κ1) is 9.51. The molecule has 1 aliphatic rings. The van der Waals surface area contributed by atoms with Gasteiger partial charge in [0.2, 0.25) is 0 Å². The molecular weight excluding hydrogens is 196 g/mol. The van der Waals surface area contributed by atoms with Gasteiger partial charge in [0.1, 0.15) is 0 Å². The molecule has 1 atom stereocenters. The van der Waals surface area contributed by atoms with Crippen LogP contribution in [0.3, 0.4) is 0 Å². The van der Waals surface area contributed by atoms with E-state index in [9.17, 15) is 0 Å². The van der Waals surface area contributed by atoms with Crippen molar-refractivity contribution >= 4 is 11.6 Å². The van der Waals surface area contributed by atoms with Crippen LogP contribution in [0.5, 0.6) is 0 Å². The molecule has 1 aromatic carbocycles. The van der Waals surface area contributed by atoms with Gasteiger partial charge in [-0.1, -0.05) is 11.6 Å². The first-order valence-corrected chi connectivity index (χ1v) is 5.04. The van der Waals surface area contributed by atoms with E-state index >= 15 is 0 Å². The number of nitrogens with two attached hydrogens (primary N) is 1. The van der Waals surface area contributed by atoms with Crippen LogP contribution in [0.2, 0.25) is 5.02 Å². The van der Waals surface area contributed by atoms with Gasteiger partial charge in [-0.05, 0) is 42.5 Å². The predicted octanol–water partition coefficient (Wildman–Crippen LogP) is 2.62. The highest BCUT2D eigenvalue weighted by molar-refractivity contribution is 6.30. The summed E-state index contributed by atoms with van der Waals surface area (Å²) in [6.45, 7) is 0. The van der Waals surface area contributed by atoms with Gasteiger partial charge in [-0.2, -0.15) is 5.26 Å². The molecule has 1 saturated carbocycles. The lowest BCUT2D eigenvalue weighted by atomic mass is 10.0. The fraction of sp³-hybridized carbons (Fsp3) is 0.364. The number of hydrogen-bond donors (Lipinski definition) is 1. The van der Waals surface area contributed by atoms with Gasteiger partial charge in [-0.3, -0.25) is 0 Å². The Balaban J connectivity index is 2.32. The Morgan fingerprint density at radius 1 is 1.43 bits per heavy atom. The standard InChI is InChI=1S/C11H11ClN2/c12-10-4-7(6-13)3-9(5-10)11(14)8-1-2-8/h3-5,8,11H,1-2,14H2/t11-/m1/s1. The molecule has 0 unspecified atom stereocenters. The summed E-state index contributed by atoms with van der Waals surface area (Å²) in [5.74, 6) is 0.583. The fourth-order valence-electron chi connectivity index (χ4n) is 1.60. The summed E-state index contributed by atoms with van der Waals surface area (Å²) in [4.78, 5) is 0. The molecular formula is C11H11ClN2. The van der Waals surface area contributed by atoms with Crippen LogP contribution >= 0.6 is 11.6 Å². The van der Waals surface area contributed by atoms with Crippen molar-refractivity contribution in [1.82, 2.24) is 0 Å². The van der Waals surface area contributed by atoms with Crippen LogP contribution in [0, 0.1) is 17.2 Å². The monoisotopic (exact) mass is 206 g/mol. The average molecular weight is 207 g/mol. The molecule has 0 aromatic heterocycles. The maximum atomic E-state index is 8.77. The Labute approximate surface area is 88.3 Å². The lowest BCUT2D eigenvalue weighted by molar-refractivity contribution is 0.633. The highest BCUT2D eigenvalue weighted by Crippen LogP contribution is 2.40. The molecule has 2 N–H and O–H groups in total. The SMILES string of the molecule is N#Cc1cc(Cl)cc([C@H](N)C2CC2)c1. The molecule has 0 aliphatic heterocycles. The number of halogens is 1. The minimum absolute atomic E-state index is 0.0424. The van der Waals surface area contributed by atoms with Crippen molar-refractivity contribution in [2.45, 2.75) is 18.9 Å². The molecule has 1 aromatic rings. The van der Waals surface area contributed by atoms with Crippen molar-refractivity contribution < 1.29 is 0 Å². The number of benzene rings is 1. The molecule has 0 radical (unpaired) electrons. The summed E-state index contributed by atoms with van der Waals surface area (Å²) in [5.41, 5.74) is 7.59. The summed E-state index contributed by atoms with van der Waals surface area (Å²) in [6.07, 6.45) is 2.38. The quantitative estimate of drug-likeness (QED) is 0.809. The number of nitrogens with zero attached hydrogens (tertiary/aromatic N) is 1. The Morgan fingerprint density at radius 2 is 2.14 bits per heavy atom. The molecule has 1 fully saturated rings. The molecule has 0 heterocycles. The van der Waals surface area contributed by atoms with Gasteiger partial charge >= 0.3 is 0 Å². The van der Waals surface area contributed by atoms with Gasteiger partial charge < -0.3 is 5.73 Å². The molecule has 0 saturated heterocycles. The van der Waals surface area contributed by atoms with Crippen LogP contribution in [0.15, 0.2) is 18.2 Å². The zero-order valence-corrected chi connectivity index (χ0v) is 8.46. The molecule has 1 aliphatic carbocycles. The van der Waals surface area contributed by atoms with Gasteiger partial charge in [0, 0.05) is 11.1 Å². The largest absolute Gasteiger partial charge is 0.324 e. The molecule has 0 bridgehead atoms. The van der Waals surface area contributed by atoms with E-state index in [1.54, 1.807) is 6.07 Å². The van der Waals surface area contributed by atoms with E-state index in [4.69, 9.17) is 22.6 Å². The normalized spacial score (nSPS) is 17.5. The topological polar surface area (TPSA) is 49.8 Å². The Hall–Kier alpha value is -1.04. The average Bonchev–Trinajstić information content (AvgIpc) is 2.99. The van der Waals surface area contributed by atoms with E-state index in [2.05, 4.69) is 6.07 Å². The van der Waals surface area contributed by atoms with Gasteiger partial charge in [0.25, 0.3) is 0 Å². The van der Waals surface area contributed by atoms with Gasteiger partial charge in [0.05, 0.1) is 11.6 Å². The third kappa shape index (κ3) is 1.89. The van der Waals surface area contributed by atoms with Crippen molar-refractivity contribution in [2.24, 2.45) is 11.7 Å². The van der Waals surface area contributed by atoms with E-state index in [1.165, 1.54) is 12.8 Å². The Kier molecular flexibility index (Phi) is 2.45. The zero-order valence-electron chi connectivity index (χ0n) is 7.70. The summed E-state index contributed by atoms with van der Waals surface area (Å²) in [7, 11) is 0. The molecule has 14 heavy (non-hydrogen) atoms. The highest BCUT2D eigenvalue weighted by atomic mass is 35.5. The fourth-order valence-corrected chi connectivity index (χ4v) is 1.84. The summed E-state index contributed by atoms with van der Waals surface area (Å²) in [5, 5.41) is 9.37. The maximum Gasteiger partial charge on any atom is 0.0992 e. The van der Waals surface area contributed by atoms with Crippen molar-refractivity contribution in [3.63, 3.8) is 0 Å². The minimum Gasteiger partial charge on any atom is -0.324 e. The van der Waals surface area contributed by atoms with Crippen molar-refractivity contribution in [3.8, 4) is 6.07 Å². The molecule has 2 nitrogen and oxygen atoms in total. The van der Waals surface area contributed by atoms with Crippen molar-refractivity contribution in [2.75, 3.05) is 0 Å². The van der Waals surface area contributed by atoms with Gasteiger partial charge in [-0.25, -0.2) is 0 Å². The highest BCUT2D eigenvalue weighted by Gasteiger charge is 2.29. The third-order valence-electron chi connectivity index (χ3n) is 2.56. The zero-order chi connectivity index (χ0) is 10.1. The molecule has 0 spiro atoms. The van der Waals surface area contributed by atoms with Gasteiger partial charge in [0.15, 0.2) is 0 Å². The van der Waals surface area contributed by atoms with Crippen LogP contribution < -0.4 is 5.73 Å². The maximum absolute atomic E-state index is 8.77. The van der Waals surface area contributed by atoms with Crippen LogP contribution in [0.25, 0.3) is 0 Å². The van der Waals surface area contributed by atoms with E-state index in [-0.39, 0.29) is 6.04 Å². The molecule has 72 valence electrons. The number of nitriles is 1.